The van der Waals surface area contributed by atoms with E-state index in [0.29, 0.717) is 11.4 Å². The van der Waals surface area contributed by atoms with Crippen LogP contribution in [0, 0.1) is 6.92 Å². The lowest BCUT2D eigenvalue weighted by Gasteiger charge is -2.09. The van der Waals surface area contributed by atoms with Crippen molar-refractivity contribution in [1.82, 2.24) is 10.5 Å². The third-order valence-electron chi connectivity index (χ3n) is 3.79. The van der Waals surface area contributed by atoms with Crippen LogP contribution < -0.4 is 15.4 Å². The van der Waals surface area contributed by atoms with Gasteiger partial charge in [0.15, 0.2) is 11.4 Å². The fraction of sp³-hybridized carbons (Fsp3) is 0.167. The van der Waals surface area contributed by atoms with Gasteiger partial charge in [-0.1, -0.05) is 11.6 Å². The predicted octanol–water partition coefficient (Wildman–Crippen LogP) is 4.14. The molecule has 3 rings (SSSR count). The highest BCUT2D eigenvalue weighted by atomic mass is 35.5. The first-order chi connectivity index (χ1) is 13.8. The Bertz CT molecular complexity index is 1080. The SMILES string of the molecule is CCNC(=O)Oc1noc(-c2cc(Cl)c(O)cc2O)c1NC(=O)c1sccc1C. The van der Waals surface area contributed by atoms with Gasteiger partial charge >= 0.3 is 6.09 Å². The number of hydrogen-bond acceptors (Lipinski definition) is 8. The number of nitrogens with zero attached hydrogens (tertiary/aromatic N) is 1. The van der Waals surface area contributed by atoms with Gasteiger partial charge in [0.1, 0.15) is 11.5 Å². The maximum Gasteiger partial charge on any atom is 0.414 e. The largest absolute Gasteiger partial charge is 0.507 e. The summed E-state index contributed by atoms with van der Waals surface area (Å²) in [7, 11) is 0. The van der Waals surface area contributed by atoms with Gasteiger partial charge in [-0.25, -0.2) is 4.79 Å². The maximum atomic E-state index is 12.7. The van der Waals surface area contributed by atoms with E-state index in [1.807, 2.05) is 0 Å². The Kier molecular flexibility index (Phi) is 5.95. The van der Waals surface area contributed by atoms with Crippen LogP contribution in [0.15, 0.2) is 28.1 Å². The van der Waals surface area contributed by atoms with Gasteiger partial charge in [0, 0.05) is 12.6 Å². The number of hydrogen-bond donors (Lipinski definition) is 4. The second kappa shape index (κ2) is 8.41. The lowest BCUT2D eigenvalue weighted by atomic mass is 10.1. The lowest BCUT2D eigenvalue weighted by molar-refractivity contribution is 0.102. The molecule has 0 atom stereocenters. The fourth-order valence-electron chi connectivity index (χ4n) is 2.42. The molecule has 0 saturated heterocycles. The molecule has 0 aliphatic rings. The first-order valence-corrected chi connectivity index (χ1v) is 9.60. The zero-order valence-corrected chi connectivity index (χ0v) is 16.8. The molecular weight excluding hydrogens is 422 g/mol. The molecule has 1 aromatic carbocycles. The Morgan fingerprint density at radius 2 is 2.07 bits per heavy atom. The van der Waals surface area contributed by atoms with Gasteiger partial charge in [0.2, 0.25) is 0 Å². The van der Waals surface area contributed by atoms with Crippen LogP contribution in [0.2, 0.25) is 5.02 Å². The van der Waals surface area contributed by atoms with Gasteiger partial charge < -0.3 is 30.1 Å². The number of ether oxygens (including phenoxy) is 1. The van der Waals surface area contributed by atoms with Gasteiger partial charge in [-0.3, -0.25) is 4.79 Å². The molecule has 0 aliphatic heterocycles. The number of nitrogens with one attached hydrogen (secondary N) is 2. The molecule has 2 heterocycles. The summed E-state index contributed by atoms with van der Waals surface area (Å²) in [4.78, 5) is 24.9. The van der Waals surface area contributed by atoms with Gasteiger partial charge in [-0.15, -0.1) is 11.3 Å². The molecule has 11 heteroatoms. The molecule has 2 aromatic heterocycles. The highest BCUT2D eigenvalue weighted by molar-refractivity contribution is 7.12. The number of carbonyl (C=O) groups excluding carboxylic acids is 2. The number of aromatic hydroxyl groups is 2. The van der Waals surface area contributed by atoms with Gasteiger partial charge in [0.05, 0.1) is 15.5 Å². The molecular formula is C18H16ClN3O6S. The minimum Gasteiger partial charge on any atom is -0.507 e. The summed E-state index contributed by atoms with van der Waals surface area (Å²) in [5.41, 5.74) is 0.711. The first kappa shape index (κ1) is 20.5. The zero-order chi connectivity index (χ0) is 21.1. The van der Waals surface area contributed by atoms with Crippen molar-refractivity contribution in [2.75, 3.05) is 11.9 Å². The fourth-order valence-corrected chi connectivity index (χ4v) is 3.40. The van der Waals surface area contributed by atoms with Crippen molar-refractivity contribution < 1.29 is 29.1 Å². The average Bonchev–Trinajstić information content (AvgIpc) is 3.25. The molecule has 3 aromatic rings. The lowest BCUT2D eigenvalue weighted by Crippen LogP contribution is -2.26. The molecule has 2 amide bonds. The standard InChI is InChI=1S/C18H16ClN3O6S/c1-3-20-18(26)27-17-13(21-16(25)15-8(2)4-5-29-15)14(28-22-17)9-6-10(19)12(24)7-11(9)23/h4-7,23-24H,3H2,1-2H3,(H,20,26)(H,21,25). The van der Waals surface area contributed by atoms with Crippen molar-refractivity contribution in [3.63, 3.8) is 0 Å². The van der Waals surface area contributed by atoms with Crippen LogP contribution in [0.25, 0.3) is 11.3 Å². The van der Waals surface area contributed by atoms with Crippen LogP contribution in [0.3, 0.4) is 0 Å². The minimum atomic E-state index is -0.803. The summed E-state index contributed by atoms with van der Waals surface area (Å²) >= 11 is 7.15. The Morgan fingerprint density at radius 3 is 2.72 bits per heavy atom. The van der Waals surface area contributed by atoms with Crippen molar-refractivity contribution >= 4 is 40.6 Å². The van der Waals surface area contributed by atoms with Crippen molar-refractivity contribution in [2.24, 2.45) is 0 Å². The summed E-state index contributed by atoms with van der Waals surface area (Å²) in [6.07, 6.45) is -0.803. The Labute approximate surface area is 173 Å². The molecule has 0 saturated carbocycles. The number of aromatic nitrogens is 1. The topological polar surface area (TPSA) is 134 Å². The molecule has 152 valence electrons. The van der Waals surface area contributed by atoms with Crippen LogP contribution in [0.5, 0.6) is 17.4 Å². The summed E-state index contributed by atoms with van der Waals surface area (Å²) in [6, 6.07) is 4.03. The summed E-state index contributed by atoms with van der Waals surface area (Å²) in [5, 5.41) is 30.2. The number of anilines is 1. The third kappa shape index (κ3) is 4.28. The van der Waals surface area contributed by atoms with E-state index < -0.39 is 12.0 Å². The first-order valence-electron chi connectivity index (χ1n) is 8.34. The highest BCUT2D eigenvalue weighted by Crippen LogP contribution is 2.43. The molecule has 0 fully saturated rings. The monoisotopic (exact) mass is 437 g/mol. The number of amides is 2. The average molecular weight is 438 g/mol. The predicted molar refractivity (Wildman–Crippen MR) is 107 cm³/mol. The van der Waals surface area contributed by atoms with E-state index in [0.717, 1.165) is 11.6 Å². The van der Waals surface area contributed by atoms with E-state index >= 15 is 0 Å². The van der Waals surface area contributed by atoms with E-state index in [2.05, 4.69) is 15.8 Å². The zero-order valence-electron chi connectivity index (χ0n) is 15.3. The number of halogens is 1. The summed E-state index contributed by atoms with van der Waals surface area (Å²) < 4.78 is 10.3. The summed E-state index contributed by atoms with van der Waals surface area (Å²) in [6.45, 7) is 3.79. The van der Waals surface area contributed by atoms with Crippen LogP contribution in [-0.2, 0) is 0 Å². The molecule has 9 nitrogen and oxygen atoms in total. The van der Waals surface area contributed by atoms with Gasteiger partial charge in [-0.2, -0.15) is 0 Å². The number of aryl methyl sites for hydroxylation is 1. The highest BCUT2D eigenvalue weighted by Gasteiger charge is 2.27. The molecule has 0 spiro atoms. The van der Waals surface area contributed by atoms with Crippen LogP contribution in [-0.4, -0.2) is 33.9 Å². The van der Waals surface area contributed by atoms with Crippen molar-refractivity contribution in [3.8, 4) is 28.7 Å². The smallest absolute Gasteiger partial charge is 0.414 e. The number of carbonyl (C=O) groups is 2. The molecule has 0 aliphatic carbocycles. The quantitative estimate of drug-likeness (QED) is 0.471. The normalized spacial score (nSPS) is 10.6. The van der Waals surface area contributed by atoms with E-state index in [4.69, 9.17) is 20.9 Å². The number of benzene rings is 1. The number of phenolic OH excluding ortho intramolecular Hbond substituents is 2. The van der Waals surface area contributed by atoms with Crippen LogP contribution in [0.4, 0.5) is 10.5 Å². The molecule has 0 bridgehead atoms. The van der Waals surface area contributed by atoms with Crippen molar-refractivity contribution in [3.05, 3.63) is 39.0 Å². The van der Waals surface area contributed by atoms with E-state index in [1.54, 1.807) is 25.3 Å². The Balaban J connectivity index is 2.06. The van der Waals surface area contributed by atoms with Gasteiger partial charge in [0.25, 0.3) is 11.8 Å². The Morgan fingerprint density at radius 1 is 1.31 bits per heavy atom. The number of thiophene rings is 1. The van der Waals surface area contributed by atoms with E-state index in [1.165, 1.54) is 17.4 Å². The second-order valence-electron chi connectivity index (χ2n) is 5.82. The number of phenols is 2. The molecule has 0 unspecified atom stereocenters. The molecule has 0 radical (unpaired) electrons. The van der Waals surface area contributed by atoms with E-state index in [9.17, 15) is 19.8 Å². The molecule has 29 heavy (non-hydrogen) atoms. The second-order valence-corrected chi connectivity index (χ2v) is 7.14. The Hall–Kier alpha value is -3.24. The number of rotatable bonds is 5. The molecule has 4 N–H and O–H groups in total. The maximum absolute atomic E-state index is 12.7. The van der Waals surface area contributed by atoms with E-state index in [-0.39, 0.29) is 39.4 Å². The van der Waals surface area contributed by atoms with Gasteiger partial charge in [-0.05, 0) is 42.1 Å². The third-order valence-corrected chi connectivity index (χ3v) is 5.11. The summed E-state index contributed by atoms with van der Waals surface area (Å²) in [5.74, 6) is -1.61. The minimum absolute atomic E-state index is 0.0317. The van der Waals surface area contributed by atoms with Crippen molar-refractivity contribution in [1.29, 1.82) is 0 Å². The van der Waals surface area contributed by atoms with Crippen LogP contribution >= 0.6 is 22.9 Å². The van der Waals surface area contributed by atoms with Crippen LogP contribution in [0.1, 0.15) is 22.2 Å². The van der Waals surface area contributed by atoms with Crippen molar-refractivity contribution in [2.45, 2.75) is 13.8 Å².